The first kappa shape index (κ1) is 17.6. The van der Waals surface area contributed by atoms with Gasteiger partial charge < -0.3 is 9.84 Å². The molecule has 10 heteroatoms. The highest BCUT2D eigenvalue weighted by Gasteiger charge is 2.34. The van der Waals surface area contributed by atoms with Crippen molar-refractivity contribution in [2.75, 3.05) is 18.4 Å². The Morgan fingerprint density at radius 2 is 2.29 bits per heavy atom. The van der Waals surface area contributed by atoms with Gasteiger partial charge in [-0.25, -0.2) is 8.42 Å². The van der Waals surface area contributed by atoms with Crippen LogP contribution in [0.5, 0.6) is 0 Å². The Labute approximate surface area is 152 Å². The van der Waals surface area contributed by atoms with E-state index < -0.39 is 15.9 Å². The molecule has 24 heavy (non-hydrogen) atoms. The molecular formula is C14H16BrN3O4S2. The number of hydrogen-bond donors (Lipinski definition) is 1. The van der Waals surface area contributed by atoms with Crippen molar-refractivity contribution in [3.8, 4) is 0 Å². The summed E-state index contributed by atoms with van der Waals surface area (Å²) in [6.07, 6.45) is 1.28. The lowest BCUT2D eigenvalue weighted by atomic mass is 9.99. The maximum absolute atomic E-state index is 12.7. The van der Waals surface area contributed by atoms with E-state index in [1.54, 1.807) is 25.1 Å². The average molecular weight is 434 g/mol. The van der Waals surface area contributed by atoms with Crippen LogP contribution < -0.4 is 5.32 Å². The Balaban J connectivity index is 1.71. The number of nitrogens with zero attached hydrogens (tertiary/aromatic N) is 2. The van der Waals surface area contributed by atoms with E-state index in [0.717, 1.165) is 3.79 Å². The maximum Gasteiger partial charge on any atom is 0.252 e. The van der Waals surface area contributed by atoms with Crippen molar-refractivity contribution in [1.82, 2.24) is 9.46 Å². The molecule has 1 aliphatic rings. The second-order valence-corrected chi connectivity index (χ2v) is 10.2. The highest BCUT2D eigenvalue weighted by atomic mass is 79.9. The third-order valence-electron chi connectivity index (χ3n) is 3.78. The van der Waals surface area contributed by atoms with Gasteiger partial charge in [-0.2, -0.15) is 4.31 Å². The third-order valence-corrected chi connectivity index (χ3v) is 7.73. The summed E-state index contributed by atoms with van der Waals surface area (Å²) in [5.74, 6) is 0.297. The number of aromatic nitrogens is 1. The first-order valence-electron chi connectivity index (χ1n) is 7.36. The molecule has 3 rings (SSSR count). The number of hydrogen-bond acceptors (Lipinski definition) is 6. The van der Waals surface area contributed by atoms with E-state index >= 15 is 0 Å². The van der Waals surface area contributed by atoms with Crippen LogP contribution in [0.15, 0.2) is 30.7 Å². The summed E-state index contributed by atoms with van der Waals surface area (Å²) in [4.78, 5) is 12.4. The number of carbonyl (C=O) groups is 1. The van der Waals surface area contributed by atoms with Gasteiger partial charge in [0.25, 0.3) is 10.0 Å². The number of aryl methyl sites for hydroxylation is 1. The molecule has 130 valence electrons. The van der Waals surface area contributed by atoms with Gasteiger partial charge in [0.15, 0.2) is 5.82 Å². The van der Waals surface area contributed by atoms with E-state index in [-0.39, 0.29) is 16.7 Å². The Hall–Kier alpha value is -1.23. The fourth-order valence-electron chi connectivity index (χ4n) is 2.59. The molecule has 0 saturated carbocycles. The molecule has 1 fully saturated rings. The van der Waals surface area contributed by atoms with Crippen LogP contribution in [0.4, 0.5) is 5.82 Å². The molecule has 1 aliphatic heterocycles. The van der Waals surface area contributed by atoms with E-state index in [4.69, 9.17) is 4.52 Å². The lowest BCUT2D eigenvalue weighted by molar-refractivity contribution is -0.120. The van der Waals surface area contributed by atoms with E-state index in [1.165, 1.54) is 15.6 Å². The standard InChI is InChI=1S/C14H16BrN3O4S2/c1-9-7-12(17-22-9)16-14(19)10-3-2-6-18(8-10)24(20,21)13-5-4-11(15)23-13/h4-5,7,10H,2-3,6,8H2,1H3,(H,16,17,19). The van der Waals surface area contributed by atoms with Crippen molar-refractivity contribution >= 4 is 49.0 Å². The molecule has 1 unspecified atom stereocenters. The molecule has 1 amide bonds. The van der Waals surface area contributed by atoms with Crippen LogP contribution in [0.2, 0.25) is 0 Å². The van der Waals surface area contributed by atoms with Gasteiger partial charge in [0.1, 0.15) is 9.97 Å². The first-order valence-corrected chi connectivity index (χ1v) is 10.4. The van der Waals surface area contributed by atoms with Crippen molar-refractivity contribution in [1.29, 1.82) is 0 Å². The quantitative estimate of drug-likeness (QED) is 0.799. The summed E-state index contributed by atoms with van der Waals surface area (Å²) in [7, 11) is -3.57. The third kappa shape index (κ3) is 3.71. The molecule has 2 aromatic rings. The van der Waals surface area contributed by atoms with Gasteiger partial charge >= 0.3 is 0 Å². The Bertz CT molecular complexity index is 846. The molecule has 0 bridgehead atoms. The van der Waals surface area contributed by atoms with Gasteiger partial charge in [-0.05, 0) is 47.8 Å². The van der Waals surface area contributed by atoms with Crippen LogP contribution in [0.3, 0.4) is 0 Å². The first-order chi connectivity index (χ1) is 11.4. The van der Waals surface area contributed by atoms with E-state index in [1.807, 2.05) is 0 Å². The molecule has 0 aliphatic carbocycles. The predicted octanol–water partition coefficient (Wildman–Crippen LogP) is 2.85. The summed E-state index contributed by atoms with van der Waals surface area (Å²) in [5.41, 5.74) is 0. The summed E-state index contributed by atoms with van der Waals surface area (Å²) < 4.78 is 32.7. The minimum atomic E-state index is -3.57. The fourth-order valence-corrected chi connectivity index (χ4v) is 6.28. The number of piperidine rings is 1. The summed E-state index contributed by atoms with van der Waals surface area (Å²) >= 11 is 4.45. The van der Waals surface area contributed by atoms with Gasteiger partial charge in [-0.1, -0.05) is 5.16 Å². The zero-order valence-corrected chi connectivity index (χ0v) is 16.1. The molecule has 1 atom stereocenters. The van der Waals surface area contributed by atoms with Crippen LogP contribution in [-0.2, 0) is 14.8 Å². The largest absolute Gasteiger partial charge is 0.360 e. The van der Waals surface area contributed by atoms with Gasteiger partial charge in [0.2, 0.25) is 5.91 Å². The number of anilines is 1. The number of nitrogens with one attached hydrogen (secondary N) is 1. The minimum Gasteiger partial charge on any atom is -0.360 e. The number of halogens is 1. The van der Waals surface area contributed by atoms with Crippen molar-refractivity contribution in [3.05, 3.63) is 27.7 Å². The van der Waals surface area contributed by atoms with Crippen molar-refractivity contribution < 1.29 is 17.7 Å². The van der Waals surface area contributed by atoms with E-state index in [9.17, 15) is 13.2 Å². The highest BCUT2D eigenvalue weighted by molar-refractivity contribution is 9.11. The van der Waals surface area contributed by atoms with Gasteiger partial charge in [-0.15, -0.1) is 11.3 Å². The molecule has 2 aromatic heterocycles. The molecule has 3 heterocycles. The smallest absolute Gasteiger partial charge is 0.252 e. The number of thiophene rings is 1. The van der Waals surface area contributed by atoms with Crippen LogP contribution in [-0.4, -0.2) is 36.9 Å². The van der Waals surface area contributed by atoms with Gasteiger partial charge in [0.05, 0.1) is 9.70 Å². The van der Waals surface area contributed by atoms with Crippen LogP contribution >= 0.6 is 27.3 Å². The molecule has 1 N–H and O–H groups in total. The van der Waals surface area contributed by atoms with Crippen LogP contribution in [0.1, 0.15) is 18.6 Å². The van der Waals surface area contributed by atoms with Crippen molar-refractivity contribution in [2.24, 2.45) is 5.92 Å². The van der Waals surface area contributed by atoms with Gasteiger partial charge in [0, 0.05) is 19.2 Å². The summed E-state index contributed by atoms with van der Waals surface area (Å²) in [6.45, 7) is 2.32. The maximum atomic E-state index is 12.7. The Morgan fingerprint density at radius 1 is 1.50 bits per heavy atom. The molecule has 7 nitrogen and oxygen atoms in total. The monoisotopic (exact) mass is 433 g/mol. The number of sulfonamides is 1. The van der Waals surface area contributed by atoms with Gasteiger partial charge in [-0.3, -0.25) is 4.79 Å². The molecule has 0 radical (unpaired) electrons. The zero-order valence-electron chi connectivity index (χ0n) is 12.9. The fraction of sp³-hybridized carbons (Fsp3) is 0.429. The second kappa shape index (κ2) is 6.95. The second-order valence-electron chi connectivity index (χ2n) is 5.57. The molecule has 0 aromatic carbocycles. The van der Waals surface area contributed by atoms with E-state index in [0.29, 0.717) is 31.0 Å². The highest BCUT2D eigenvalue weighted by Crippen LogP contribution is 2.31. The number of carbonyl (C=O) groups excluding carboxylic acids is 1. The Morgan fingerprint density at radius 3 is 2.92 bits per heavy atom. The van der Waals surface area contributed by atoms with Crippen LogP contribution in [0.25, 0.3) is 0 Å². The topological polar surface area (TPSA) is 92.5 Å². The molecule has 0 spiro atoms. The lowest BCUT2D eigenvalue weighted by Gasteiger charge is -2.30. The normalized spacial score (nSPS) is 19.3. The van der Waals surface area contributed by atoms with Crippen molar-refractivity contribution in [3.63, 3.8) is 0 Å². The number of amides is 1. The average Bonchev–Trinajstić information content (AvgIpc) is 3.16. The predicted molar refractivity (Wildman–Crippen MR) is 93.4 cm³/mol. The summed E-state index contributed by atoms with van der Waals surface area (Å²) in [5, 5.41) is 6.40. The Kier molecular flexibility index (Phi) is 5.09. The van der Waals surface area contributed by atoms with E-state index in [2.05, 4.69) is 26.4 Å². The SMILES string of the molecule is Cc1cc(NC(=O)C2CCCN(S(=O)(=O)c3ccc(Br)s3)C2)no1. The molecule has 1 saturated heterocycles. The zero-order chi connectivity index (χ0) is 17.3. The molecular weight excluding hydrogens is 418 g/mol. The number of rotatable bonds is 4. The lowest BCUT2D eigenvalue weighted by Crippen LogP contribution is -2.43. The summed E-state index contributed by atoms with van der Waals surface area (Å²) in [6, 6.07) is 4.91. The minimum absolute atomic E-state index is 0.167. The van der Waals surface area contributed by atoms with Crippen molar-refractivity contribution in [2.45, 2.75) is 24.0 Å². The van der Waals surface area contributed by atoms with Crippen LogP contribution in [0, 0.1) is 12.8 Å².